The summed E-state index contributed by atoms with van der Waals surface area (Å²) in [6.45, 7) is 4.09. The summed E-state index contributed by atoms with van der Waals surface area (Å²) in [5.74, 6) is -5.87. The predicted octanol–water partition coefficient (Wildman–Crippen LogP) is 7.34. The minimum Gasteiger partial charge on any atom is -0.504 e. The third-order valence-electron chi connectivity index (χ3n) is 11.5. The van der Waals surface area contributed by atoms with Crippen LogP contribution in [0.5, 0.6) is 11.5 Å². The summed E-state index contributed by atoms with van der Waals surface area (Å²) >= 11 is 6.38. The second-order valence-corrected chi connectivity index (χ2v) is 14.5. The van der Waals surface area contributed by atoms with Gasteiger partial charge in [0.2, 0.25) is 11.8 Å². The largest absolute Gasteiger partial charge is 0.504 e. The Labute approximate surface area is 311 Å². The van der Waals surface area contributed by atoms with Gasteiger partial charge >= 0.3 is 0 Å². The Morgan fingerprint density at radius 3 is 2.28 bits per heavy atom. The molecule has 4 aliphatic rings. The lowest BCUT2D eigenvalue weighted by molar-refractivity contribution is -0.138. The summed E-state index contributed by atoms with van der Waals surface area (Å²) in [5, 5.41) is 12.2. The average molecular weight is 734 g/mol. The van der Waals surface area contributed by atoms with E-state index in [9.17, 15) is 23.9 Å². The van der Waals surface area contributed by atoms with Gasteiger partial charge in [-0.15, -0.1) is 0 Å². The summed E-state index contributed by atoms with van der Waals surface area (Å²) < 4.78 is 19.7. The molecule has 4 amide bonds. The normalized spacial score (nSPS) is 26.3. The number of aromatic hydroxyl groups is 1. The monoisotopic (exact) mass is 733 g/mol. The molecule has 53 heavy (non-hydrogen) atoms. The molecule has 4 aromatic carbocycles. The van der Waals surface area contributed by atoms with E-state index in [0.717, 1.165) is 22.6 Å². The number of fused-ring (bicyclic) bond motifs is 4. The van der Waals surface area contributed by atoms with Crippen molar-refractivity contribution >= 4 is 46.6 Å². The van der Waals surface area contributed by atoms with Gasteiger partial charge in [-0.3, -0.25) is 29.5 Å². The number of aryl methyl sites for hydroxylation is 1. The van der Waals surface area contributed by atoms with E-state index < -0.39 is 52.6 Å². The number of rotatable bonds is 8. The lowest BCUT2D eigenvalue weighted by atomic mass is 9.49. The van der Waals surface area contributed by atoms with Crippen LogP contribution < -0.4 is 15.1 Å². The van der Waals surface area contributed by atoms with E-state index in [1.807, 2.05) is 25.1 Å². The number of nitrogens with zero attached hydrogens (tertiary/aromatic N) is 2. The fourth-order valence-electron chi connectivity index (χ4n) is 9.15. The van der Waals surface area contributed by atoms with E-state index in [0.29, 0.717) is 27.5 Å². The Kier molecular flexibility index (Phi) is 8.60. The van der Waals surface area contributed by atoms with Gasteiger partial charge in [0.05, 0.1) is 41.2 Å². The molecule has 3 fully saturated rings. The van der Waals surface area contributed by atoms with E-state index in [1.165, 1.54) is 35.2 Å². The summed E-state index contributed by atoms with van der Waals surface area (Å²) in [7, 11) is 0. The zero-order valence-corrected chi connectivity index (χ0v) is 29.8. The third kappa shape index (κ3) is 5.33. The number of allylic oxidation sites excluding steroid dienone is 2. The first-order valence-electron chi connectivity index (χ1n) is 17.9. The molecule has 0 bridgehead atoms. The maximum atomic E-state index is 15.3. The van der Waals surface area contributed by atoms with Crippen molar-refractivity contribution in [3.63, 3.8) is 0 Å². The summed E-state index contributed by atoms with van der Waals surface area (Å²) in [6, 6.07) is 24.5. The minimum atomic E-state index is -1.55. The standard InChI is InChI=1S/C42H37ClFN3O6/c1-3-23-5-16-29(17-6-23)46-38(49)31-19-18-30-32(36(31)40(46)51)22-33-39(50)47(45-28-14-12-27(44)13-15-28)41(52)42(33,25-8-10-26(43)11-9-25)37(30)24-7-20-34(48)35(21-24)53-4-2/h5-18,20-21,31-33,36-37,45,48H,3-4,19,22H2,1-2H3/t31-,32+,33-,36-,37-,42+/m0/s1. The van der Waals surface area contributed by atoms with Crippen molar-refractivity contribution in [1.82, 2.24) is 5.01 Å². The number of carbonyl (C=O) groups is 4. The van der Waals surface area contributed by atoms with Crippen molar-refractivity contribution in [2.24, 2.45) is 23.7 Å². The number of phenols is 1. The van der Waals surface area contributed by atoms with Crippen LogP contribution in [0.3, 0.4) is 0 Å². The molecule has 2 heterocycles. The summed E-state index contributed by atoms with van der Waals surface area (Å²) in [6.07, 6.45) is 3.15. The molecule has 0 aromatic heterocycles. The van der Waals surface area contributed by atoms with Crippen LogP contribution in [-0.4, -0.2) is 40.4 Å². The van der Waals surface area contributed by atoms with Gasteiger partial charge in [-0.05, 0) is 109 Å². The molecule has 8 rings (SSSR count). The van der Waals surface area contributed by atoms with Crippen LogP contribution in [0.15, 0.2) is 103 Å². The average Bonchev–Trinajstić information content (AvgIpc) is 3.54. The third-order valence-corrected chi connectivity index (χ3v) is 11.7. The quantitative estimate of drug-likeness (QED) is 0.144. The van der Waals surface area contributed by atoms with Crippen LogP contribution in [0.1, 0.15) is 49.3 Å². The minimum absolute atomic E-state index is 0.0903. The maximum Gasteiger partial charge on any atom is 0.260 e. The fourth-order valence-corrected chi connectivity index (χ4v) is 9.27. The van der Waals surface area contributed by atoms with Crippen molar-refractivity contribution in [3.8, 4) is 11.5 Å². The van der Waals surface area contributed by atoms with Crippen molar-refractivity contribution in [2.45, 2.75) is 44.4 Å². The molecule has 11 heteroatoms. The fraction of sp³-hybridized carbons (Fsp3) is 0.286. The SMILES string of the molecule is CCOc1cc([C@H]2C3=CC[C@@H]4C(=O)N(c5ccc(CC)cc5)C(=O)[C@@H]4[C@@H]3C[C@H]3C(=O)N(Nc4ccc(F)cc4)C(=O)[C@@]23c2ccc(Cl)cc2)ccc1O. The van der Waals surface area contributed by atoms with Gasteiger partial charge in [0.15, 0.2) is 11.5 Å². The lowest BCUT2D eigenvalue weighted by Crippen LogP contribution is -2.53. The molecule has 1 saturated carbocycles. The molecule has 2 aliphatic carbocycles. The van der Waals surface area contributed by atoms with Crippen LogP contribution in [0.2, 0.25) is 5.02 Å². The highest BCUT2D eigenvalue weighted by atomic mass is 35.5. The van der Waals surface area contributed by atoms with Crippen LogP contribution in [-0.2, 0) is 31.0 Å². The molecule has 2 aliphatic heterocycles. The first-order chi connectivity index (χ1) is 25.6. The molecular formula is C42H37ClFN3O6. The second-order valence-electron chi connectivity index (χ2n) is 14.1. The van der Waals surface area contributed by atoms with Crippen molar-refractivity contribution in [1.29, 1.82) is 0 Å². The zero-order valence-electron chi connectivity index (χ0n) is 29.1. The highest BCUT2D eigenvalue weighted by Crippen LogP contribution is 2.64. The number of hydrazine groups is 1. The Hall–Kier alpha value is -5.48. The molecule has 2 N–H and O–H groups in total. The Morgan fingerprint density at radius 1 is 0.887 bits per heavy atom. The van der Waals surface area contributed by atoms with Crippen molar-refractivity contribution in [2.75, 3.05) is 16.9 Å². The number of hydrogen-bond donors (Lipinski definition) is 2. The van der Waals surface area contributed by atoms with Gasteiger partial charge in [0, 0.05) is 10.9 Å². The number of anilines is 2. The van der Waals surface area contributed by atoms with Crippen molar-refractivity contribution < 1.29 is 33.4 Å². The molecule has 2 saturated heterocycles. The number of halogens is 2. The van der Waals surface area contributed by atoms with E-state index in [-0.39, 0.29) is 42.8 Å². The van der Waals surface area contributed by atoms with E-state index in [4.69, 9.17) is 16.3 Å². The van der Waals surface area contributed by atoms with Gasteiger partial charge in [-0.25, -0.2) is 4.39 Å². The molecule has 6 atom stereocenters. The number of hydrogen-bond acceptors (Lipinski definition) is 7. The van der Waals surface area contributed by atoms with Crippen LogP contribution >= 0.6 is 11.6 Å². The molecule has 4 aromatic rings. The zero-order chi connectivity index (χ0) is 37.2. The summed E-state index contributed by atoms with van der Waals surface area (Å²) in [4.78, 5) is 60.0. The Bertz CT molecular complexity index is 2170. The summed E-state index contributed by atoms with van der Waals surface area (Å²) in [5.41, 5.74) is 5.20. The number of nitrogens with one attached hydrogen (secondary N) is 1. The van der Waals surface area contributed by atoms with E-state index in [2.05, 4.69) is 5.43 Å². The van der Waals surface area contributed by atoms with Crippen LogP contribution in [0.25, 0.3) is 0 Å². The smallest absolute Gasteiger partial charge is 0.260 e. The lowest BCUT2D eigenvalue weighted by Gasteiger charge is -2.50. The Balaban J connectivity index is 1.32. The molecule has 270 valence electrons. The number of phenolic OH excluding ortho intramolecular Hbond substituents is 1. The van der Waals surface area contributed by atoms with Gasteiger partial charge in [-0.1, -0.05) is 60.5 Å². The highest BCUT2D eigenvalue weighted by Gasteiger charge is 2.70. The van der Waals surface area contributed by atoms with Gasteiger partial charge in [-0.2, -0.15) is 5.01 Å². The number of ether oxygens (including phenoxy) is 1. The molecule has 0 spiro atoms. The topological polar surface area (TPSA) is 116 Å². The van der Waals surface area contributed by atoms with Crippen LogP contribution in [0, 0.1) is 29.5 Å². The highest BCUT2D eigenvalue weighted by molar-refractivity contribution is 6.30. The first-order valence-corrected chi connectivity index (χ1v) is 18.2. The molecule has 0 radical (unpaired) electrons. The van der Waals surface area contributed by atoms with E-state index in [1.54, 1.807) is 55.5 Å². The molecule has 9 nitrogen and oxygen atoms in total. The predicted molar refractivity (Wildman–Crippen MR) is 197 cm³/mol. The molecule has 0 unspecified atom stereocenters. The number of carbonyl (C=O) groups excluding carboxylic acids is 4. The second kappa shape index (κ2) is 13.2. The van der Waals surface area contributed by atoms with Crippen LogP contribution in [0.4, 0.5) is 15.8 Å². The van der Waals surface area contributed by atoms with E-state index >= 15 is 4.79 Å². The molecular weight excluding hydrogens is 697 g/mol. The van der Waals surface area contributed by atoms with Gasteiger partial charge in [0.25, 0.3) is 11.8 Å². The number of amides is 4. The van der Waals surface area contributed by atoms with Gasteiger partial charge < -0.3 is 9.84 Å². The first kappa shape index (κ1) is 34.6. The maximum absolute atomic E-state index is 15.3. The van der Waals surface area contributed by atoms with Crippen molar-refractivity contribution in [3.05, 3.63) is 130 Å². The number of imide groups is 2. The Morgan fingerprint density at radius 2 is 1.60 bits per heavy atom. The number of benzene rings is 4. The van der Waals surface area contributed by atoms with Gasteiger partial charge in [0.1, 0.15) is 5.82 Å².